The third-order valence-electron chi connectivity index (χ3n) is 2.06. The SMILES string of the molecule is CN(C)CCC(=O)Nc1ccc(C(=O)O)cn1. The van der Waals surface area contributed by atoms with Gasteiger partial charge in [0, 0.05) is 19.2 Å². The number of anilines is 1. The van der Waals surface area contributed by atoms with Crippen LogP contribution in [0.25, 0.3) is 0 Å². The van der Waals surface area contributed by atoms with Gasteiger partial charge in [-0.25, -0.2) is 9.78 Å². The predicted molar refractivity (Wildman–Crippen MR) is 63.0 cm³/mol. The summed E-state index contributed by atoms with van der Waals surface area (Å²) in [5.74, 6) is -0.823. The van der Waals surface area contributed by atoms with Crippen LogP contribution in [-0.4, -0.2) is 47.5 Å². The Morgan fingerprint density at radius 3 is 2.59 bits per heavy atom. The lowest BCUT2D eigenvalue weighted by Gasteiger charge is -2.09. The maximum absolute atomic E-state index is 11.4. The Balaban J connectivity index is 2.51. The van der Waals surface area contributed by atoms with Crippen molar-refractivity contribution in [1.82, 2.24) is 9.88 Å². The number of carboxylic acids is 1. The van der Waals surface area contributed by atoms with Crippen molar-refractivity contribution < 1.29 is 14.7 Å². The van der Waals surface area contributed by atoms with E-state index in [1.54, 1.807) is 0 Å². The van der Waals surface area contributed by atoms with Crippen LogP contribution in [0.1, 0.15) is 16.8 Å². The Morgan fingerprint density at radius 1 is 1.41 bits per heavy atom. The summed E-state index contributed by atoms with van der Waals surface area (Å²) in [5.41, 5.74) is 0.0938. The number of aromatic carboxylic acids is 1. The Bertz CT molecular complexity index is 401. The van der Waals surface area contributed by atoms with Gasteiger partial charge in [0.2, 0.25) is 5.91 Å². The average Bonchev–Trinajstić information content (AvgIpc) is 2.27. The van der Waals surface area contributed by atoms with Crippen LogP contribution in [0, 0.1) is 0 Å². The highest BCUT2D eigenvalue weighted by Gasteiger charge is 2.06. The van der Waals surface area contributed by atoms with E-state index in [0.29, 0.717) is 18.8 Å². The highest BCUT2D eigenvalue weighted by molar-refractivity contribution is 5.91. The molecule has 0 radical (unpaired) electrons. The molecule has 0 aliphatic rings. The second-order valence-electron chi connectivity index (χ2n) is 3.84. The van der Waals surface area contributed by atoms with E-state index < -0.39 is 5.97 Å². The van der Waals surface area contributed by atoms with E-state index >= 15 is 0 Å². The summed E-state index contributed by atoms with van der Waals surface area (Å²) in [5, 5.41) is 11.3. The number of pyridine rings is 1. The number of rotatable bonds is 5. The summed E-state index contributed by atoms with van der Waals surface area (Å²) in [7, 11) is 3.76. The predicted octanol–water partition coefficient (Wildman–Crippen LogP) is 0.670. The molecule has 0 saturated carbocycles. The van der Waals surface area contributed by atoms with Gasteiger partial charge in [0.1, 0.15) is 5.82 Å². The summed E-state index contributed by atoms with van der Waals surface area (Å²) in [6.07, 6.45) is 1.58. The smallest absolute Gasteiger partial charge is 0.337 e. The lowest BCUT2D eigenvalue weighted by atomic mass is 10.3. The van der Waals surface area contributed by atoms with Gasteiger partial charge >= 0.3 is 5.97 Å². The molecule has 0 aliphatic carbocycles. The van der Waals surface area contributed by atoms with E-state index in [0.717, 1.165) is 0 Å². The fourth-order valence-electron chi connectivity index (χ4n) is 1.12. The van der Waals surface area contributed by atoms with Crippen molar-refractivity contribution in [2.45, 2.75) is 6.42 Å². The summed E-state index contributed by atoms with van der Waals surface area (Å²) < 4.78 is 0. The van der Waals surface area contributed by atoms with Crippen LogP contribution in [0.5, 0.6) is 0 Å². The van der Waals surface area contributed by atoms with Gasteiger partial charge < -0.3 is 15.3 Å². The number of nitrogens with zero attached hydrogens (tertiary/aromatic N) is 2. The van der Waals surface area contributed by atoms with Crippen molar-refractivity contribution >= 4 is 17.7 Å². The summed E-state index contributed by atoms with van der Waals surface area (Å²) in [6, 6.07) is 2.87. The number of amides is 1. The zero-order valence-corrected chi connectivity index (χ0v) is 9.80. The molecule has 1 aromatic heterocycles. The maximum atomic E-state index is 11.4. The fourth-order valence-corrected chi connectivity index (χ4v) is 1.12. The van der Waals surface area contributed by atoms with Crippen molar-refractivity contribution in [2.75, 3.05) is 26.0 Å². The maximum Gasteiger partial charge on any atom is 0.337 e. The molecule has 1 heterocycles. The molecular formula is C11H15N3O3. The standard InChI is InChI=1S/C11H15N3O3/c1-14(2)6-5-10(15)13-9-4-3-8(7-12-9)11(16)17/h3-4,7H,5-6H2,1-2H3,(H,16,17)(H,12,13,15). The van der Waals surface area contributed by atoms with Gasteiger partial charge in [0.05, 0.1) is 5.56 Å². The molecule has 0 atom stereocenters. The average molecular weight is 237 g/mol. The second kappa shape index (κ2) is 5.95. The highest BCUT2D eigenvalue weighted by atomic mass is 16.4. The molecule has 1 aromatic rings. The third kappa shape index (κ3) is 4.60. The van der Waals surface area contributed by atoms with Gasteiger partial charge in [-0.05, 0) is 26.2 Å². The topological polar surface area (TPSA) is 82.5 Å². The minimum absolute atomic E-state index is 0.0938. The first kappa shape index (κ1) is 13.1. The number of aromatic nitrogens is 1. The molecule has 0 bridgehead atoms. The number of nitrogens with one attached hydrogen (secondary N) is 1. The molecule has 0 aromatic carbocycles. The molecule has 0 unspecified atom stereocenters. The number of hydrogen-bond acceptors (Lipinski definition) is 4. The molecule has 1 amide bonds. The molecule has 6 nitrogen and oxygen atoms in total. The lowest BCUT2D eigenvalue weighted by molar-refractivity contribution is -0.116. The largest absolute Gasteiger partial charge is 0.478 e. The highest BCUT2D eigenvalue weighted by Crippen LogP contribution is 2.05. The van der Waals surface area contributed by atoms with E-state index in [-0.39, 0.29) is 11.5 Å². The van der Waals surface area contributed by atoms with Crippen LogP contribution in [0.4, 0.5) is 5.82 Å². The Hall–Kier alpha value is -1.95. The minimum atomic E-state index is -1.04. The van der Waals surface area contributed by atoms with Gasteiger partial charge in [0.15, 0.2) is 0 Å². The Kier molecular flexibility index (Phi) is 4.59. The van der Waals surface area contributed by atoms with Crippen LogP contribution in [0.3, 0.4) is 0 Å². The first-order chi connectivity index (χ1) is 7.99. The molecule has 2 N–H and O–H groups in total. The molecule has 92 valence electrons. The van der Waals surface area contributed by atoms with Crippen molar-refractivity contribution in [3.8, 4) is 0 Å². The van der Waals surface area contributed by atoms with Crippen molar-refractivity contribution in [1.29, 1.82) is 0 Å². The van der Waals surface area contributed by atoms with Crippen molar-refractivity contribution in [3.05, 3.63) is 23.9 Å². The van der Waals surface area contributed by atoms with Gasteiger partial charge in [-0.2, -0.15) is 0 Å². The summed E-state index contributed by atoms with van der Waals surface area (Å²) in [4.78, 5) is 27.8. The summed E-state index contributed by atoms with van der Waals surface area (Å²) in [6.45, 7) is 0.652. The van der Waals surface area contributed by atoms with Gasteiger partial charge in [-0.3, -0.25) is 4.79 Å². The second-order valence-corrected chi connectivity index (χ2v) is 3.84. The van der Waals surface area contributed by atoms with Crippen LogP contribution >= 0.6 is 0 Å². The number of hydrogen-bond donors (Lipinski definition) is 2. The van der Waals surface area contributed by atoms with Crippen molar-refractivity contribution in [2.24, 2.45) is 0 Å². The number of carbonyl (C=O) groups excluding carboxylic acids is 1. The quantitative estimate of drug-likeness (QED) is 0.786. The Morgan fingerprint density at radius 2 is 2.12 bits per heavy atom. The first-order valence-electron chi connectivity index (χ1n) is 5.13. The van der Waals surface area contributed by atoms with E-state index in [4.69, 9.17) is 5.11 Å². The third-order valence-corrected chi connectivity index (χ3v) is 2.06. The Labute approximate surface area is 99.3 Å². The number of carbonyl (C=O) groups is 2. The van der Waals surface area contributed by atoms with Gasteiger partial charge in [-0.1, -0.05) is 0 Å². The minimum Gasteiger partial charge on any atom is -0.478 e. The van der Waals surface area contributed by atoms with Crippen LogP contribution < -0.4 is 5.32 Å². The van der Waals surface area contributed by atoms with E-state index in [2.05, 4.69) is 10.3 Å². The van der Waals surface area contributed by atoms with Crippen LogP contribution in [-0.2, 0) is 4.79 Å². The van der Waals surface area contributed by atoms with E-state index in [9.17, 15) is 9.59 Å². The number of carboxylic acid groups (broad SMARTS) is 1. The lowest BCUT2D eigenvalue weighted by Crippen LogP contribution is -2.21. The van der Waals surface area contributed by atoms with Crippen LogP contribution in [0.15, 0.2) is 18.3 Å². The van der Waals surface area contributed by atoms with E-state index in [1.165, 1.54) is 18.3 Å². The molecule has 0 fully saturated rings. The monoisotopic (exact) mass is 237 g/mol. The van der Waals surface area contributed by atoms with E-state index in [1.807, 2.05) is 19.0 Å². The van der Waals surface area contributed by atoms with Crippen LogP contribution in [0.2, 0.25) is 0 Å². The summed E-state index contributed by atoms with van der Waals surface area (Å²) >= 11 is 0. The first-order valence-corrected chi connectivity index (χ1v) is 5.13. The zero-order chi connectivity index (χ0) is 12.8. The van der Waals surface area contributed by atoms with Gasteiger partial charge in [-0.15, -0.1) is 0 Å². The molecule has 0 aliphatic heterocycles. The van der Waals surface area contributed by atoms with Gasteiger partial charge in [0.25, 0.3) is 0 Å². The molecular weight excluding hydrogens is 222 g/mol. The molecule has 0 saturated heterocycles. The molecule has 1 rings (SSSR count). The fraction of sp³-hybridized carbons (Fsp3) is 0.364. The zero-order valence-electron chi connectivity index (χ0n) is 9.80. The molecule has 0 spiro atoms. The van der Waals surface area contributed by atoms with Crippen molar-refractivity contribution in [3.63, 3.8) is 0 Å². The molecule has 6 heteroatoms. The normalized spacial score (nSPS) is 10.3. The molecule has 17 heavy (non-hydrogen) atoms.